The number of aliphatic hydroxyl groups is 1. The number of aliphatic hydroxyl groups excluding tert-OH is 1. The number of rotatable bonds is 2. The Hall–Kier alpha value is -2.04. The van der Waals surface area contributed by atoms with Crippen molar-refractivity contribution in [1.29, 1.82) is 0 Å². The summed E-state index contributed by atoms with van der Waals surface area (Å²) in [5.74, 6) is 5.83. The highest BCUT2D eigenvalue weighted by atomic mass is 16.3. The molecule has 18 heavy (non-hydrogen) atoms. The van der Waals surface area contributed by atoms with Gasteiger partial charge in [0.1, 0.15) is 6.10 Å². The maximum Gasteiger partial charge on any atom is 0.140 e. The van der Waals surface area contributed by atoms with E-state index in [0.717, 1.165) is 17.5 Å². The summed E-state index contributed by atoms with van der Waals surface area (Å²) >= 11 is 0. The first-order valence-corrected chi connectivity index (χ1v) is 6.13. The lowest BCUT2D eigenvalue weighted by Gasteiger charge is -2.04. The summed E-state index contributed by atoms with van der Waals surface area (Å²) in [5, 5.41) is 9.97. The number of hydrogen-bond donors (Lipinski definition) is 1. The Bertz CT molecular complexity index is 544. The van der Waals surface area contributed by atoms with Crippen molar-refractivity contribution in [3.05, 3.63) is 71.3 Å². The van der Waals surface area contributed by atoms with E-state index in [-0.39, 0.29) is 0 Å². The summed E-state index contributed by atoms with van der Waals surface area (Å²) in [7, 11) is 0. The van der Waals surface area contributed by atoms with Crippen molar-refractivity contribution in [2.24, 2.45) is 0 Å². The molecule has 0 aliphatic heterocycles. The molecule has 1 heteroatoms. The molecule has 0 aromatic heterocycles. The zero-order valence-corrected chi connectivity index (χ0v) is 10.4. The molecule has 0 radical (unpaired) electrons. The summed E-state index contributed by atoms with van der Waals surface area (Å²) < 4.78 is 0. The van der Waals surface area contributed by atoms with E-state index in [2.05, 4.69) is 18.8 Å². The molecule has 1 N–H and O–H groups in total. The molecule has 0 saturated carbocycles. The molecule has 2 aromatic rings. The fraction of sp³-hybridized carbons (Fsp3) is 0.176. The molecule has 0 spiro atoms. The van der Waals surface area contributed by atoms with E-state index in [0.29, 0.717) is 0 Å². The summed E-state index contributed by atoms with van der Waals surface area (Å²) in [6.45, 7) is 2.11. The molecule has 90 valence electrons. The van der Waals surface area contributed by atoms with E-state index in [4.69, 9.17) is 0 Å². The molecule has 0 unspecified atom stereocenters. The first-order valence-electron chi connectivity index (χ1n) is 6.13. The molecule has 0 saturated heterocycles. The van der Waals surface area contributed by atoms with Crippen molar-refractivity contribution >= 4 is 0 Å². The van der Waals surface area contributed by atoms with E-state index in [1.54, 1.807) is 0 Å². The Labute approximate surface area is 108 Å². The maximum atomic E-state index is 9.97. The second kappa shape index (κ2) is 6.05. The summed E-state index contributed by atoms with van der Waals surface area (Å²) in [6, 6.07) is 17.6. The van der Waals surface area contributed by atoms with Crippen LogP contribution in [0.2, 0.25) is 0 Å². The van der Waals surface area contributed by atoms with Crippen molar-refractivity contribution < 1.29 is 5.11 Å². The third-order valence-corrected chi connectivity index (χ3v) is 2.83. The quantitative estimate of drug-likeness (QED) is 0.793. The molecule has 2 aromatic carbocycles. The molecular weight excluding hydrogens is 220 g/mol. The van der Waals surface area contributed by atoms with Crippen molar-refractivity contribution in [2.45, 2.75) is 19.4 Å². The van der Waals surface area contributed by atoms with Gasteiger partial charge in [-0.3, -0.25) is 0 Å². The molecule has 0 aliphatic carbocycles. The van der Waals surface area contributed by atoms with Gasteiger partial charge in [-0.05, 0) is 29.7 Å². The van der Waals surface area contributed by atoms with Crippen LogP contribution in [0.3, 0.4) is 0 Å². The van der Waals surface area contributed by atoms with Gasteiger partial charge in [0.25, 0.3) is 0 Å². The Balaban J connectivity index is 2.12. The predicted octanol–water partition coefficient (Wildman–Crippen LogP) is 3.33. The van der Waals surface area contributed by atoms with Gasteiger partial charge < -0.3 is 5.11 Å². The summed E-state index contributed by atoms with van der Waals surface area (Å²) in [5.41, 5.74) is 3.03. The van der Waals surface area contributed by atoms with E-state index in [1.165, 1.54) is 5.56 Å². The molecule has 0 aliphatic rings. The summed E-state index contributed by atoms with van der Waals surface area (Å²) in [6.07, 6.45) is 0.280. The monoisotopic (exact) mass is 236 g/mol. The van der Waals surface area contributed by atoms with Crippen LogP contribution in [0.5, 0.6) is 0 Å². The van der Waals surface area contributed by atoms with Crippen LogP contribution in [0.25, 0.3) is 0 Å². The SMILES string of the molecule is CCc1ccc([C@H](O)C#Cc2ccccc2)cc1. The standard InChI is InChI=1S/C17H16O/c1-2-14-8-11-16(12-9-14)17(18)13-10-15-6-4-3-5-7-15/h3-9,11-12,17-18H,2H2,1H3/t17-/m1/s1. The van der Waals surface area contributed by atoms with Gasteiger partial charge in [-0.1, -0.05) is 61.2 Å². The molecule has 0 fully saturated rings. The smallest absolute Gasteiger partial charge is 0.140 e. The first-order chi connectivity index (χ1) is 8.79. The predicted molar refractivity (Wildman–Crippen MR) is 74.1 cm³/mol. The third kappa shape index (κ3) is 3.23. The van der Waals surface area contributed by atoms with Gasteiger partial charge in [0, 0.05) is 5.56 Å². The van der Waals surface area contributed by atoms with Gasteiger partial charge in [0.2, 0.25) is 0 Å². The Kier molecular flexibility index (Phi) is 4.17. The Morgan fingerprint density at radius 1 is 1.00 bits per heavy atom. The van der Waals surface area contributed by atoms with Crippen LogP contribution in [0.15, 0.2) is 54.6 Å². The van der Waals surface area contributed by atoms with Crippen molar-refractivity contribution in [1.82, 2.24) is 0 Å². The number of benzene rings is 2. The fourth-order valence-corrected chi connectivity index (χ4v) is 1.69. The van der Waals surface area contributed by atoms with Gasteiger partial charge in [-0.25, -0.2) is 0 Å². The Morgan fingerprint density at radius 2 is 1.67 bits per heavy atom. The maximum absolute atomic E-state index is 9.97. The molecule has 0 amide bonds. The zero-order valence-electron chi connectivity index (χ0n) is 10.4. The fourth-order valence-electron chi connectivity index (χ4n) is 1.69. The van der Waals surface area contributed by atoms with Crippen LogP contribution in [0.4, 0.5) is 0 Å². The average molecular weight is 236 g/mol. The van der Waals surface area contributed by atoms with E-state index in [1.807, 2.05) is 54.6 Å². The van der Waals surface area contributed by atoms with E-state index < -0.39 is 6.10 Å². The number of hydrogen-bond acceptors (Lipinski definition) is 1. The highest BCUT2D eigenvalue weighted by Gasteiger charge is 2.02. The lowest BCUT2D eigenvalue weighted by molar-refractivity contribution is 0.238. The van der Waals surface area contributed by atoms with Crippen LogP contribution >= 0.6 is 0 Å². The largest absolute Gasteiger partial charge is 0.376 e. The highest BCUT2D eigenvalue weighted by molar-refractivity contribution is 5.37. The second-order valence-corrected chi connectivity index (χ2v) is 4.13. The zero-order chi connectivity index (χ0) is 12.8. The van der Waals surface area contributed by atoms with Crippen LogP contribution in [0.1, 0.15) is 29.7 Å². The second-order valence-electron chi connectivity index (χ2n) is 4.13. The highest BCUT2D eigenvalue weighted by Crippen LogP contribution is 2.13. The minimum atomic E-state index is -0.726. The normalized spacial score (nSPS) is 11.4. The van der Waals surface area contributed by atoms with Crippen LogP contribution < -0.4 is 0 Å². The Morgan fingerprint density at radius 3 is 2.28 bits per heavy atom. The molecule has 1 atom stereocenters. The van der Waals surface area contributed by atoms with Gasteiger partial charge in [0.05, 0.1) is 0 Å². The van der Waals surface area contributed by atoms with Gasteiger partial charge in [-0.2, -0.15) is 0 Å². The van der Waals surface area contributed by atoms with Gasteiger partial charge >= 0.3 is 0 Å². The average Bonchev–Trinajstić information content (AvgIpc) is 2.46. The topological polar surface area (TPSA) is 20.2 Å². The van der Waals surface area contributed by atoms with Gasteiger partial charge in [0.15, 0.2) is 0 Å². The molecular formula is C17H16O. The lowest BCUT2D eigenvalue weighted by atomic mass is 10.1. The van der Waals surface area contributed by atoms with Crippen LogP contribution in [-0.4, -0.2) is 5.11 Å². The first kappa shape index (κ1) is 12.4. The molecule has 0 bridgehead atoms. The minimum absolute atomic E-state index is 0.726. The molecule has 1 nitrogen and oxygen atoms in total. The van der Waals surface area contributed by atoms with Gasteiger partial charge in [-0.15, -0.1) is 0 Å². The summed E-state index contributed by atoms with van der Waals surface area (Å²) in [4.78, 5) is 0. The lowest BCUT2D eigenvalue weighted by Crippen LogP contribution is -1.94. The third-order valence-electron chi connectivity index (χ3n) is 2.83. The molecule has 0 heterocycles. The van der Waals surface area contributed by atoms with Crippen molar-refractivity contribution in [3.8, 4) is 11.8 Å². The van der Waals surface area contributed by atoms with Crippen molar-refractivity contribution in [2.75, 3.05) is 0 Å². The minimum Gasteiger partial charge on any atom is -0.376 e. The molecule has 2 rings (SSSR count). The van der Waals surface area contributed by atoms with E-state index >= 15 is 0 Å². The van der Waals surface area contributed by atoms with Crippen molar-refractivity contribution in [3.63, 3.8) is 0 Å². The van der Waals surface area contributed by atoms with E-state index in [9.17, 15) is 5.11 Å². The number of aryl methyl sites for hydroxylation is 1. The van der Waals surface area contributed by atoms with Crippen LogP contribution in [0, 0.1) is 11.8 Å². The van der Waals surface area contributed by atoms with Crippen LogP contribution in [-0.2, 0) is 6.42 Å².